The van der Waals surface area contributed by atoms with Gasteiger partial charge in [0, 0.05) is 20.7 Å². The molecule has 0 heterocycles. The number of rotatable bonds is 3. The van der Waals surface area contributed by atoms with E-state index in [1.807, 2.05) is 45.2 Å². The van der Waals surface area contributed by atoms with Crippen LogP contribution in [0.2, 0.25) is 0 Å². The molecule has 0 unspecified atom stereocenters. The molecule has 0 N–H and O–H groups in total. The Bertz CT molecular complexity index is 80.1. The molecule has 0 aliphatic heterocycles. The summed E-state index contributed by atoms with van der Waals surface area (Å²) in [6.07, 6.45) is 0. The molecule has 0 rings (SSSR count). The first-order valence-corrected chi connectivity index (χ1v) is 5.10. The number of carbonyl (C=O) groups excluding carboxylic acids is 1. The van der Waals surface area contributed by atoms with Crippen LogP contribution >= 0.6 is 45.2 Å². The molecule has 0 atom stereocenters. The number of hydrogen-bond donors (Lipinski definition) is 0. The molecular weight excluding hydrogens is 334 g/mol. The minimum Gasteiger partial charge on any atom is -0.550 e. The fourth-order valence-corrected chi connectivity index (χ4v) is 2.70. The highest BCUT2D eigenvalue weighted by molar-refractivity contribution is 14.1. The lowest BCUT2D eigenvalue weighted by molar-refractivity contribution is -0.309. The van der Waals surface area contributed by atoms with Gasteiger partial charge in [-0.25, -0.2) is 0 Å². The van der Waals surface area contributed by atoms with E-state index in [0.717, 1.165) is 0 Å². The third-order valence-electron chi connectivity index (χ3n) is 0.706. The Labute approximate surface area is 75.3 Å². The third-order valence-corrected chi connectivity index (χ3v) is 2.83. The Balaban J connectivity index is 3.52. The van der Waals surface area contributed by atoms with Crippen LogP contribution in [-0.4, -0.2) is 14.8 Å². The van der Waals surface area contributed by atoms with Gasteiger partial charge in [0.15, 0.2) is 0 Å². The van der Waals surface area contributed by atoms with Crippen LogP contribution < -0.4 is 5.11 Å². The number of halogens is 2. The standard InChI is InChI=1S/C4H6I2O2/c5-1-3(2-6)4(7)8/h3H,1-2H2,(H,7,8)/p-1. The van der Waals surface area contributed by atoms with Crippen molar-refractivity contribution < 1.29 is 9.90 Å². The van der Waals surface area contributed by atoms with Crippen molar-refractivity contribution in [2.24, 2.45) is 5.92 Å². The van der Waals surface area contributed by atoms with Crippen LogP contribution in [0.1, 0.15) is 0 Å². The first kappa shape index (κ1) is 8.93. The monoisotopic (exact) mass is 339 g/mol. The lowest BCUT2D eigenvalue weighted by Gasteiger charge is -2.09. The van der Waals surface area contributed by atoms with E-state index in [1.165, 1.54) is 0 Å². The van der Waals surface area contributed by atoms with Crippen molar-refractivity contribution in [2.75, 3.05) is 8.86 Å². The van der Waals surface area contributed by atoms with Gasteiger partial charge in [0.25, 0.3) is 0 Å². The Morgan fingerprint density at radius 1 is 1.50 bits per heavy atom. The van der Waals surface area contributed by atoms with Crippen molar-refractivity contribution in [2.45, 2.75) is 0 Å². The van der Waals surface area contributed by atoms with Crippen LogP contribution in [0.5, 0.6) is 0 Å². The highest BCUT2D eigenvalue weighted by Gasteiger charge is 2.03. The fraction of sp³-hybridized carbons (Fsp3) is 0.750. The molecule has 2 nitrogen and oxygen atoms in total. The van der Waals surface area contributed by atoms with E-state index in [0.29, 0.717) is 8.86 Å². The Hall–Kier alpha value is 0.930. The Morgan fingerprint density at radius 3 is 1.88 bits per heavy atom. The number of carbonyl (C=O) groups is 1. The second-order valence-electron chi connectivity index (χ2n) is 1.32. The normalized spacial score (nSPS) is 9.88. The number of alkyl halides is 2. The summed E-state index contributed by atoms with van der Waals surface area (Å²) in [6, 6.07) is 0. The highest BCUT2D eigenvalue weighted by atomic mass is 127. The Morgan fingerprint density at radius 2 is 1.88 bits per heavy atom. The summed E-state index contributed by atoms with van der Waals surface area (Å²) in [5.74, 6) is -1.20. The SMILES string of the molecule is O=C([O-])C(CI)CI. The number of aliphatic carboxylic acids is 1. The van der Waals surface area contributed by atoms with Gasteiger partial charge >= 0.3 is 0 Å². The van der Waals surface area contributed by atoms with Crippen molar-refractivity contribution in [1.82, 2.24) is 0 Å². The molecule has 48 valence electrons. The molecule has 0 aliphatic carbocycles. The van der Waals surface area contributed by atoms with Gasteiger partial charge in [0.05, 0.1) is 0 Å². The average molecular weight is 339 g/mol. The minimum atomic E-state index is -0.936. The van der Waals surface area contributed by atoms with Crippen LogP contribution in [0.4, 0.5) is 0 Å². The van der Waals surface area contributed by atoms with Crippen LogP contribution in [-0.2, 0) is 4.79 Å². The van der Waals surface area contributed by atoms with E-state index in [9.17, 15) is 9.90 Å². The fourth-order valence-electron chi connectivity index (χ4n) is 0.167. The van der Waals surface area contributed by atoms with Crippen LogP contribution in [0.25, 0.3) is 0 Å². The topological polar surface area (TPSA) is 40.1 Å². The summed E-state index contributed by atoms with van der Waals surface area (Å²) in [6.45, 7) is 0. The number of carboxylic acids is 1. The van der Waals surface area contributed by atoms with Crippen molar-refractivity contribution in [3.8, 4) is 0 Å². The summed E-state index contributed by atoms with van der Waals surface area (Å²) in [7, 11) is 0. The summed E-state index contributed by atoms with van der Waals surface area (Å²) in [4.78, 5) is 10.0. The molecule has 0 aromatic carbocycles. The zero-order valence-corrected chi connectivity index (χ0v) is 8.38. The highest BCUT2D eigenvalue weighted by Crippen LogP contribution is 2.03. The number of carboxylic acid groups (broad SMARTS) is 1. The van der Waals surface area contributed by atoms with E-state index in [-0.39, 0.29) is 5.92 Å². The van der Waals surface area contributed by atoms with E-state index in [2.05, 4.69) is 0 Å². The predicted molar refractivity (Wildman–Crippen MR) is 46.3 cm³/mol. The summed E-state index contributed by atoms with van der Waals surface area (Å²) >= 11 is 4.08. The van der Waals surface area contributed by atoms with Crippen LogP contribution in [0.15, 0.2) is 0 Å². The van der Waals surface area contributed by atoms with Crippen molar-refractivity contribution in [3.63, 3.8) is 0 Å². The van der Waals surface area contributed by atoms with Crippen LogP contribution in [0.3, 0.4) is 0 Å². The second-order valence-corrected chi connectivity index (χ2v) is 3.09. The van der Waals surface area contributed by atoms with E-state index >= 15 is 0 Å². The number of hydrogen-bond acceptors (Lipinski definition) is 2. The summed E-state index contributed by atoms with van der Waals surface area (Å²) in [5.41, 5.74) is 0. The van der Waals surface area contributed by atoms with E-state index < -0.39 is 5.97 Å². The molecule has 0 saturated heterocycles. The van der Waals surface area contributed by atoms with Crippen molar-refractivity contribution in [3.05, 3.63) is 0 Å². The largest absolute Gasteiger partial charge is 0.550 e. The van der Waals surface area contributed by atoms with Crippen molar-refractivity contribution >= 4 is 51.2 Å². The van der Waals surface area contributed by atoms with Gasteiger partial charge in [-0.05, 0) is 0 Å². The zero-order valence-electron chi connectivity index (χ0n) is 4.06. The van der Waals surface area contributed by atoms with Gasteiger partial charge in [0.1, 0.15) is 0 Å². The molecule has 0 aromatic rings. The maximum Gasteiger partial charge on any atom is 0.0460 e. The summed E-state index contributed by atoms with van der Waals surface area (Å²) < 4.78 is 1.28. The second kappa shape index (κ2) is 4.78. The van der Waals surface area contributed by atoms with Crippen LogP contribution in [0, 0.1) is 5.92 Å². The molecule has 0 fully saturated rings. The lowest BCUT2D eigenvalue weighted by Crippen LogP contribution is -2.33. The molecular formula is C4H5I2O2-. The quantitative estimate of drug-likeness (QED) is 0.545. The molecule has 8 heavy (non-hydrogen) atoms. The molecule has 0 aliphatic rings. The van der Waals surface area contributed by atoms with Gasteiger partial charge in [0.2, 0.25) is 0 Å². The van der Waals surface area contributed by atoms with Gasteiger partial charge in [-0.3, -0.25) is 0 Å². The molecule has 0 aromatic heterocycles. The van der Waals surface area contributed by atoms with Gasteiger partial charge in [-0.1, -0.05) is 45.2 Å². The maximum absolute atomic E-state index is 10.0. The van der Waals surface area contributed by atoms with E-state index in [4.69, 9.17) is 0 Å². The van der Waals surface area contributed by atoms with Gasteiger partial charge in [-0.15, -0.1) is 0 Å². The zero-order chi connectivity index (χ0) is 6.57. The maximum atomic E-state index is 10.0. The Kier molecular flexibility index (Phi) is 5.33. The molecule has 0 amide bonds. The predicted octanol–water partition coefficient (Wildman–Crippen LogP) is 0.223. The van der Waals surface area contributed by atoms with E-state index in [1.54, 1.807) is 0 Å². The minimum absolute atomic E-state index is 0.267. The van der Waals surface area contributed by atoms with Gasteiger partial charge < -0.3 is 9.90 Å². The molecule has 0 spiro atoms. The first-order valence-electron chi connectivity index (χ1n) is 2.05. The third kappa shape index (κ3) is 3.06. The molecule has 0 bridgehead atoms. The molecule has 0 saturated carbocycles. The van der Waals surface area contributed by atoms with Crippen molar-refractivity contribution in [1.29, 1.82) is 0 Å². The van der Waals surface area contributed by atoms with Gasteiger partial charge in [-0.2, -0.15) is 0 Å². The molecule has 0 radical (unpaired) electrons. The average Bonchev–Trinajstić information content (AvgIpc) is 1.69. The lowest BCUT2D eigenvalue weighted by atomic mass is 10.2. The first-order chi connectivity index (χ1) is 3.72. The molecule has 4 heteroatoms. The summed E-state index contributed by atoms with van der Waals surface area (Å²) in [5, 5.41) is 10.0. The smallest absolute Gasteiger partial charge is 0.0460 e.